The monoisotopic (exact) mass is 279 g/mol. The van der Waals surface area contributed by atoms with Crippen LogP contribution in [0, 0.1) is 24.2 Å². The van der Waals surface area contributed by atoms with Crippen molar-refractivity contribution in [2.75, 3.05) is 13.6 Å². The lowest BCUT2D eigenvalue weighted by Gasteiger charge is -2.29. The van der Waals surface area contributed by atoms with E-state index in [1.807, 2.05) is 27.8 Å². The molecule has 0 bridgehead atoms. The van der Waals surface area contributed by atoms with E-state index in [4.69, 9.17) is 11.2 Å². The van der Waals surface area contributed by atoms with E-state index in [-0.39, 0.29) is 6.09 Å². The van der Waals surface area contributed by atoms with Gasteiger partial charge in [0.1, 0.15) is 5.60 Å². The molecule has 114 valence electrons. The van der Waals surface area contributed by atoms with Gasteiger partial charge in [0, 0.05) is 20.0 Å². The van der Waals surface area contributed by atoms with Crippen LogP contribution in [0.2, 0.25) is 0 Å². The van der Waals surface area contributed by atoms with Crippen molar-refractivity contribution in [2.24, 2.45) is 11.8 Å². The molecule has 0 heterocycles. The molecule has 3 nitrogen and oxygen atoms in total. The summed E-state index contributed by atoms with van der Waals surface area (Å²) in [5.41, 5.74) is -0.418. The first-order valence-corrected chi connectivity index (χ1v) is 7.69. The fourth-order valence-electron chi connectivity index (χ4n) is 2.70. The van der Waals surface area contributed by atoms with Gasteiger partial charge in [-0.3, -0.25) is 0 Å². The van der Waals surface area contributed by atoms with Crippen LogP contribution in [0.3, 0.4) is 0 Å². The number of nitrogens with zero attached hydrogens (tertiary/aromatic N) is 1. The molecular weight excluding hydrogens is 250 g/mol. The highest BCUT2D eigenvalue weighted by atomic mass is 16.6. The Morgan fingerprint density at radius 1 is 1.25 bits per heavy atom. The van der Waals surface area contributed by atoms with E-state index in [9.17, 15) is 4.79 Å². The standard InChI is InChI=1S/C17H29NO2/c1-6-7-14-8-10-15(11-9-14)12-13-18(5)16(19)20-17(2,3)4/h1,14-15H,7-13H2,2-5H3. The first-order chi connectivity index (χ1) is 9.31. The number of hydrogen-bond acceptors (Lipinski definition) is 2. The lowest BCUT2D eigenvalue weighted by molar-refractivity contribution is 0.0286. The Labute approximate surface area is 124 Å². The van der Waals surface area contributed by atoms with Crippen LogP contribution in [-0.4, -0.2) is 30.2 Å². The summed E-state index contributed by atoms with van der Waals surface area (Å²) in [7, 11) is 1.82. The van der Waals surface area contributed by atoms with Gasteiger partial charge in [-0.25, -0.2) is 4.79 Å². The molecule has 0 unspecified atom stereocenters. The highest BCUT2D eigenvalue weighted by Gasteiger charge is 2.23. The van der Waals surface area contributed by atoms with Gasteiger partial charge >= 0.3 is 6.09 Å². The lowest BCUT2D eigenvalue weighted by Crippen LogP contribution is -2.35. The third-order valence-electron chi connectivity index (χ3n) is 3.95. The smallest absolute Gasteiger partial charge is 0.410 e. The molecule has 0 aliphatic heterocycles. The number of carbonyl (C=O) groups is 1. The van der Waals surface area contributed by atoms with Crippen molar-refractivity contribution >= 4 is 6.09 Å². The highest BCUT2D eigenvalue weighted by molar-refractivity contribution is 5.67. The molecule has 0 radical (unpaired) electrons. The Kier molecular flexibility index (Phi) is 6.39. The van der Waals surface area contributed by atoms with E-state index in [2.05, 4.69) is 5.92 Å². The predicted molar refractivity (Wildman–Crippen MR) is 82.4 cm³/mol. The average molecular weight is 279 g/mol. The summed E-state index contributed by atoms with van der Waals surface area (Å²) in [6, 6.07) is 0. The van der Waals surface area contributed by atoms with Crippen LogP contribution in [0.1, 0.15) is 59.3 Å². The summed E-state index contributed by atoms with van der Waals surface area (Å²) in [5, 5.41) is 0. The van der Waals surface area contributed by atoms with Crippen LogP contribution in [0.4, 0.5) is 4.79 Å². The zero-order valence-electron chi connectivity index (χ0n) is 13.4. The number of ether oxygens (including phenoxy) is 1. The topological polar surface area (TPSA) is 29.5 Å². The summed E-state index contributed by atoms with van der Waals surface area (Å²) in [5.74, 6) is 4.22. The summed E-state index contributed by atoms with van der Waals surface area (Å²) in [6.45, 7) is 6.46. The van der Waals surface area contributed by atoms with Crippen molar-refractivity contribution in [3.05, 3.63) is 0 Å². The van der Waals surface area contributed by atoms with Gasteiger partial charge in [0.2, 0.25) is 0 Å². The maximum absolute atomic E-state index is 11.9. The lowest BCUT2D eigenvalue weighted by atomic mass is 9.79. The molecule has 1 saturated carbocycles. The first-order valence-electron chi connectivity index (χ1n) is 7.69. The number of carbonyl (C=O) groups excluding carboxylic acids is 1. The number of hydrogen-bond donors (Lipinski definition) is 0. The molecule has 0 aromatic heterocycles. The van der Waals surface area contributed by atoms with Gasteiger partial charge in [0.25, 0.3) is 0 Å². The Balaban J connectivity index is 2.24. The zero-order chi connectivity index (χ0) is 15.2. The van der Waals surface area contributed by atoms with E-state index in [1.54, 1.807) is 4.90 Å². The molecule has 0 atom stereocenters. The highest BCUT2D eigenvalue weighted by Crippen LogP contribution is 2.32. The summed E-state index contributed by atoms with van der Waals surface area (Å²) < 4.78 is 5.35. The molecule has 0 aromatic rings. The normalized spacial score (nSPS) is 22.9. The Bertz CT molecular complexity index is 343. The molecule has 1 fully saturated rings. The first kappa shape index (κ1) is 16.9. The van der Waals surface area contributed by atoms with Gasteiger partial charge in [-0.1, -0.05) is 12.8 Å². The molecule has 0 saturated heterocycles. The van der Waals surface area contributed by atoms with Gasteiger partial charge in [0.05, 0.1) is 0 Å². The predicted octanol–water partition coefficient (Wildman–Crippen LogP) is 4.07. The van der Waals surface area contributed by atoms with Crippen molar-refractivity contribution in [1.82, 2.24) is 4.90 Å². The van der Waals surface area contributed by atoms with Gasteiger partial charge in [-0.15, -0.1) is 12.3 Å². The molecule has 3 heteroatoms. The molecule has 1 rings (SSSR count). The number of terminal acetylenes is 1. The van der Waals surface area contributed by atoms with Gasteiger partial charge in [0.15, 0.2) is 0 Å². The largest absolute Gasteiger partial charge is 0.444 e. The SMILES string of the molecule is C#CCC1CCC(CCN(C)C(=O)OC(C)(C)C)CC1. The second kappa shape index (κ2) is 7.57. The maximum Gasteiger partial charge on any atom is 0.410 e. The van der Waals surface area contributed by atoms with Crippen molar-refractivity contribution in [2.45, 2.75) is 64.9 Å². The fourth-order valence-corrected chi connectivity index (χ4v) is 2.70. The van der Waals surface area contributed by atoms with E-state index < -0.39 is 5.60 Å². The number of rotatable bonds is 4. The quantitative estimate of drug-likeness (QED) is 0.726. The Morgan fingerprint density at radius 3 is 2.30 bits per heavy atom. The molecular formula is C17H29NO2. The molecule has 1 aliphatic rings. The summed E-state index contributed by atoms with van der Waals surface area (Å²) >= 11 is 0. The molecule has 0 N–H and O–H groups in total. The maximum atomic E-state index is 11.9. The van der Waals surface area contributed by atoms with Crippen molar-refractivity contribution in [3.63, 3.8) is 0 Å². The van der Waals surface area contributed by atoms with Crippen LogP contribution < -0.4 is 0 Å². The molecule has 0 aromatic carbocycles. The minimum atomic E-state index is -0.418. The van der Waals surface area contributed by atoms with E-state index in [1.165, 1.54) is 25.7 Å². The van der Waals surface area contributed by atoms with Crippen LogP contribution >= 0.6 is 0 Å². The van der Waals surface area contributed by atoms with E-state index in [0.717, 1.165) is 31.2 Å². The van der Waals surface area contributed by atoms with E-state index in [0.29, 0.717) is 0 Å². The van der Waals surface area contributed by atoms with Crippen molar-refractivity contribution in [3.8, 4) is 12.3 Å². The average Bonchev–Trinajstić information content (AvgIpc) is 2.36. The van der Waals surface area contributed by atoms with Crippen LogP contribution in [0.15, 0.2) is 0 Å². The van der Waals surface area contributed by atoms with Gasteiger partial charge in [-0.05, 0) is 51.9 Å². The minimum Gasteiger partial charge on any atom is -0.444 e. The minimum absolute atomic E-state index is 0.224. The molecule has 20 heavy (non-hydrogen) atoms. The van der Waals surface area contributed by atoms with Crippen LogP contribution in [-0.2, 0) is 4.74 Å². The fraction of sp³-hybridized carbons (Fsp3) is 0.824. The second-order valence-corrected chi connectivity index (χ2v) is 6.99. The molecule has 1 amide bonds. The van der Waals surface area contributed by atoms with Gasteiger partial charge < -0.3 is 9.64 Å². The molecule has 1 aliphatic carbocycles. The van der Waals surface area contributed by atoms with Crippen molar-refractivity contribution in [1.29, 1.82) is 0 Å². The second-order valence-electron chi connectivity index (χ2n) is 6.99. The Hall–Kier alpha value is -1.17. The van der Waals surface area contributed by atoms with Crippen LogP contribution in [0.5, 0.6) is 0 Å². The van der Waals surface area contributed by atoms with Crippen LogP contribution in [0.25, 0.3) is 0 Å². The third kappa shape index (κ3) is 6.32. The Morgan fingerprint density at radius 2 is 1.80 bits per heavy atom. The summed E-state index contributed by atoms with van der Waals surface area (Å²) in [6.07, 6.45) is 12.1. The van der Waals surface area contributed by atoms with E-state index >= 15 is 0 Å². The zero-order valence-corrected chi connectivity index (χ0v) is 13.4. The third-order valence-corrected chi connectivity index (χ3v) is 3.95. The summed E-state index contributed by atoms with van der Waals surface area (Å²) in [4.78, 5) is 13.5. The number of amides is 1. The van der Waals surface area contributed by atoms with Gasteiger partial charge in [-0.2, -0.15) is 0 Å². The molecule has 0 spiro atoms. The van der Waals surface area contributed by atoms with Crippen molar-refractivity contribution < 1.29 is 9.53 Å².